The maximum Gasteiger partial charge on any atom is 0.274 e. The van der Waals surface area contributed by atoms with Crippen molar-refractivity contribution in [2.45, 2.75) is 13.0 Å². The normalized spacial score (nSPS) is 11.6. The molecule has 4 heterocycles. The van der Waals surface area contributed by atoms with Crippen LogP contribution in [0.15, 0.2) is 88.9 Å². The van der Waals surface area contributed by atoms with Gasteiger partial charge in [0.1, 0.15) is 11.4 Å². The van der Waals surface area contributed by atoms with Crippen LogP contribution in [-0.2, 0) is 7.05 Å². The van der Waals surface area contributed by atoms with Crippen molar-refractivity contribution in [3.8, 4) is 28.9 Å². The molecule has 0 spiro atoms. The fraction of sp³-hybridized carbons (Fsp3) is 0.0968. The zero-order chi connectivity index (χ0) is 29.2. The number of hydrogen-bond acceptors (Lipinski definition) is 8. The number of nitrogens with two attached hydrogens (primary N) is 1. The quantitative estimate of drug-likeness (QED) is 0.297. The van der Waals surface area contributed by atoms with E-state index in [-0.39, 0.29) is 17.1 Å². The molecule has 0 saturated carbocycles. The maximum absolute atomic E-state index is 14.2. The summed E-state index contributed by atoms with van der Waals surface area (Å²) in [7, 11) is 1.82. The number of anilines is 1. The standard InChI is InChI=1S/C31H24N8O2S/c1-19(36-30(40)28-29(32)33-15-24(37-28)25-17-42-18-34-25)26-13-22-8-6-7-21(12-11-20-14-35-38(2)16-20)27(22)31(41)39(26)23-9-4-3-5-10-23/h3-10,13-19H,1-2H3,(H2,32,33)(H,36,40)/t19-/m0/s1. The summed E-state index contributed by atoms with van der Waals surface area (Å²) < 4.78 is 3.27. The lowest BCUT2D eigenvalue weighted by molar-refractivity contribution is 0.0934. The van der Waals surface area contributed by atoms with Gasteiger partial charge in [-0.2, -0.15) is 5.10 Å². The average molecular weight is 573 g/mol. The van der Waals surface area contributed by atoms with Gasteiger partial charge in [0.15, 0.2) is 11.5 Å². The Bertz CT molecular complexity index is 2050. The Kier molecular flexibility index (Phi) is 7.04. The number of benzene rings is 2. The number of amides is 1. The number of rotatable bonds is 5. The molecular formula is C31H24N8O2S. The summed E-state index contributed by atoms with van der Waals surface area (Å²) in [6, 6.07) is 16.1. The predicted octanol–water partition coefficient (Wildman–Crippen LogP) is 4.11. The number of nitrogen functional groups attached to an aromatic ring is 1. The Morgan fingerprint density at radius 1 is 1.05 bits per heavy atom. The van der Waals surface area contributed by atoms with E-state index in [1.165, 1.54) is 17.5 Å². The van der Waals surface area contributed by atoms with E-state index in [1.807, 2.05) is 73.2 Å². The summed E-state index contributed by atoms with van der Waals surface area (Å²) in [6.07, 6.45) is 4.97. The third kappa shape index (κ3) is 5.14. The Balaban J connectivity index is 1.44. The third-order valence-electron chi connectivity index (χ3n) is 6.64. The minimum atomic E-state index is -0.607. The number of hydrogen-bond donors (Lipinski definition) is 2. The van der Waals surface area contributed by atoms with Crippen molar-refractivity contribution in [3.05, 3.63) is 117 Å². The van der Waals surface area contributed by atoms with Crippen LogP contribution in [-0.4, -0.2) is 35.2 Å². The second kappa shape index (κ2) is 11.1. The van der Waals surface area contributed by atoms with Crippen molar-refractivity contribution in [2.24, 2.45) is 7.05 Å². The smallest absolute Gasteiger partial charge is 0.274 e. The molecule has 2 aromatic carbocycles. The van der Waals surface area contributed by atoms with Gasteiger partial charge in [-0.05, 0) is 36.6 Å². The number of nitrogens with one attached hydrogen (secondary N) is 1. The van der Waals surface area contributed by atoms with E-state index in [9.17, 15) is 9.59 Å². The topological polar surface area (TPSA) is 134 Å². The van der Waals surface area contributed by atoms with Crippen molar-refractivity contribution < 1.29 is 4.79 Å². The van der Waals surface area contributed by atoms with Crippen molar-refractivity contribution in [2.75, 3.05) is 5.73 Å². The molecule has 206 valence electrons. The second-order valence-electron chi connectivity index (χ2n) is 9.53. The Morgan fingerprint density at radius 3 is 2.62 bits per heavy atom. The number of pyridine rings is 1. The minimum Gasteiger partial charge on any atom is -0.382 e. The summed E-state index contributed by atoms with van der Waals surface area (Å²) in [5.41, 5.74) is 11.0. The highest BCUT2D eigenvalue weighted by Gasteiger charge is 2.22. The van der Waals surface area contributed by atoms with Crippen LogP contribution in [0.2, 0.25) is 0 Å². The number of carbonyl (C=O) groups excluding carboxylic acids is 1. The van der Waals surface area contributed by atoms with Crippen LogP contribution < -0.4 is 16.6 Å². The predicted molar refractivity (Wildman–Crippen MR) is 162 cm³/mol. The molecule has 1 atom stereocenters. The first-order valence-corrected chi connectivity index (χ1v) is 13.9. The fourth-order valence-corrected chi connectivity index (χ4v) is 5.19. The summed E-state index contributed by atoms with van der Waals surface area (Å²) >= 11 is 1.41. The number of aromatic nitrogens is 6. The molecule has 0 aliphatic rings. The zero-order valence-corrected chi connectivity index (χ0v) is 23.5. The van der Waals surface area contributed by atoms with Crippen molar-refractivity contribution in [1.82, 2.24) is 34.6 Å². The number of fused-ring (bicyclic) bond motifs is 1. The fourth-order valence-electron chi connectivity index (χ4n) is 4.64. The number of para-hydroxylation sites is 1. The highest BCUT2D eigenvalue weighted by Crippen LogP contribution is 2.24. The van der Waals surface area contributed by atoms with Gasteiger partial charge in [-0.3, -0.25) is 18.8 Å². The molecule has 6 rings (SSSR count). The largest absolute Gasteiger partial charge is 0.382 e. The van der Waals surface area contributed by atoms with Crippen LogP contribution in [0.1, 0.15) is 40.3 Å². The van der Waals surface area contributed by atoms with Crippen LogP contribution in [0.3, 0.4) is 0 Å². The van der Waals surface area contributed by atoms with Crippen LogP contribution >= 0.6 is 11.3 Å². The number of carbonyl (C=O) groups is 1. The van der Waals surface area contributed by atoms with E-state index in [2.05, 4.69) is 37.2 Å². The summed E-state index contributed by atoms with van der Waals surface area (Å²) in [5.74, 6) is 5.71. The van der Waals surface area contributed by atoms with Gasteiger partial charge in [-0.15, -0.1) is 11.3 Å². The summed E-state index contributed by atoms with van der Waals surface area (Å²) in [4.78, 5) is 40.4. The summed E-state index contributed by atoms with van der Waals surface area (Å²) in [6.45, 7) is 1.80. The van der Waals surface area contributed by atoms with E-state index >= 15 is 0 Å². The zero-order valence-electron chi connectivity index (χ0n) is 22.6. The third-order valence-corrected chi connectivity index (χ3v) is 7.22. The van der Waals surface area contributed by atoms with Gasteiger partial charge in [-0.1, -0.05) is 42.2 Å². The molecule has 0 fully saturated rings. The molecule has 42 heavy (non-hydrogen) atoms. The first kappa shape index (κ1) is 26.6. The lowest BCUT2D eigenvalue weighted by atomic mass is 10.0. The van der Waals surface area contributed by atoms with Crippen LogP contribution in [0, 0.1) is 11.8 Å². The number of thiazole rings is 1. The molecule has 0 aliphatic carbocycles. The molecule has 0 bridgehead atoms. The van der Waals surface area contributed by atoms with Crippen LogP contribution in [0.5, 0.6) is 0 Å². The Labute approximate surface area is 244 Å². The van der Waals surface area contributed by atoms with Gasteiger partial charge in [0.2, 0.25) is 0 Å². The number of aryl methyl sites for hydroxylation is 1. The van der Waals surface area contributed by atoms with E-state index in [0.29, 0.717) is 39.1 Å². The lowest BCUT2D eigenvalue weighted by Gasteiger charge is -2.21. The maximum atomic E-state index is 14.2. The van der Waals surface area contributed by atoms with E-state index in [0.717, 1.165) is 5.56 Å². The number of nitrogens with zero attached hydrogens (tertiary/aromatic N) is 6. The first-order chi connectivity index (χ1) is 20.4. The Hall–Kier alpha value is -5.60. The van der Waals surface area contributed by atoms with Crippen LogP contribution in [0.25, 0.3) is 27.8 Å². The van der Waals surface area contributed by atoms with Gasteiger partial charge in [-0.25, -0.2) is 15.0 Å². The SMILES string of the molecule is C[C@H](NC(=O)c1nc(-c2cscn2)cnc1N)c1cc2cccc(C#Cc3cnn(C)c3)c2c(=O)n1-c1ccccc1. The van der Waals surface area contributed by atoms with Gasteiger partial charge < -0.3 is 11.1 Å². The average Bonchev–Trinajstić information content (AvgIpc) is 3.68. The molecule has 0 unspecified atom stereocenters. The van der Waals surface area contributed by atoms with Gasteiger partial charge in [0.25, 0.3) is 11.5 Å². The van der Waals surface area contributed by atoms with Crippen molar-refractivity contribution in [3.63, 3.8) is 0 Å². The van der Waals surface area contributed by atoms with Gasteiger partial charge in [0.05, 0.1) is 34.9 Å². The Morgan fingerprint density at radius 2 is 1.88 bits per heavy atom. The molecule has 0 aliphatic heterocycles. The highest BCUT2D eigenvalue weighted by atomic mass is 32.1. The van der Waals surface area contributed by atoms with Crippen molar-refractivity contribution in [1.29, 1.82) is 0 Å². The molecule has 0 saturated heterocycles. The lowest BCUT2D eigenvalue weighted by Crippen LogP contribution is -2.33. The van der Waals surface area contributed by atoms with Gasteiger partial charge in [0, 0.05) is 35.6 Å². The highest BCUT2D eigenvalue weighted by molar-refractivity contribution is 7.07. The second-order valence-corrected chi connectivity index (χ2v) is 10.2. The molecule has 10 nitrogen and oxygen atoms in total. The first-order valence-electron chi connectivity index (χ1n) is 13.0. The molecular weight excluding hydrogens is 548 g/mol. The molecule has 4 aromatic heterocycles. The molecule has 11 heteroatoms. The van der Waals surface area contributed by atoms with E-state index < -0.39 is 11.9 Å². The monoisotopic (exact) mass is 572 g/mol. The molecule has 6 aromatic rings. The molecule has 1 amide bonds. The summed E-state index contributed by atoms with van der Waals surface area (Å²) in [5, 5.41) is 10.1. The molecule has 0 radical (unpaired) electrons. The molecule has 3 N–H and O–H groups in total. The van der Waals surface area contributed by atoms with Gasteiger partial charge >= 0.3 is 0 Å². The van der Waals surface area contributed by atoms with E-state index in [1.54, 1.807) is 27.9 Å². The van der Waals surface area contributed by atoms with Crippen LogP contribution in [0.4, 0.5) is 5.82 Å². The minimum absolute atomic E-state index is 0.00512. The van der Waals surface area contributed by atoms with Crippen molar-refractivity contribution >= 4 is 33.8 Å². The van der Waals surface area contributed by atoms with E-state index in [4.69, 9.17) is 5.73 Å².